The first kappa shape index (κ1) is 12.2. The van der Waals surface area contributed by atoms with Crippen LogP contribution >= 0.6 is 10.6 Å². The molecule has 0 atom stereocenters. The van der Waals surface area contributed by atoms with Crippen molar-refractivity contribution in [2.45, 2.75) is 0 Å². The van der Waals surface area contributed by atoms with Gasteiger partial charge < -0.3 is 9.64 Å². The van der Waals surface area contributed by atoms with Gasteiger partial charge in [0, 0.05) is 24.8 Å². The average Bonchev–Trinajstić information content (AvgIpc) is 2.30. The van der Waals surface area contributed by atoms with E-state index in [1.54, 1.807) is 18.2 Å². The van der Waals surface area contributed by atoms with Crippen LogP contribution in [0.2, 0.25) is 0 Å². The molecule has 0 aromatic heterocycles. The van der Waals surface area contributed by atoms with Crippen LogP contribution in [0.1, 0.15) is 0 Å². The Hall–Kier alpha value is -1.24. The Kier molecular flexibility index (Phi) is 3.56. The van der Waals surface area contributed by atoms with Crippen LogP contribution in [0.15, 0.2) is 24.3 Å². The largest absolute Gasteiger partial charge is 0.429 e. The molecule has 0 bridgehead atoms. The third-order valence-electron chi connectivity index (χ3n) is 2.74. The van der Waals surface area contributed by atoms with Crippen molar-refractivity contribution in [3.05, 3.63) is 24.3 Å². The molecule has 1 heterocycles. The Bertz CT molecular complexity index is 400. The Morgan fingerprint density at radius 2 is 2.00 bits per heavy atom. The van der Waals surface area contributed by atoms with Crippen molar-refractivity contribution in [3.63, 3.8) is 0 Å². The summed E-state index contributed by atoms with van der Waals surface area (Å²) in [6, 6.07) is 7.19. The van der Waals surface area contributed by atoms with Gasteiger partial charge in [0.2, 0.25) is 0 Å². The molecule has 1 saturated heterocycles. The zero-order valence-electron chi connectivity index (χ0n) is 9.28. The summed E-state index contributed by atoms with van der Waals surface area (Å²) in [5, 5.41) is 0. The lowest BCUT2D eigenvalue weighted by Crippen LogP contribution is -2.38. The lowest BCUT2D eigenvalue weighted by atomic mass is 10.2. The first-order valence-corrected chi connectivity index (χ1v) is 7.18. The van der Waals surface area contributed by atoms with Gasteiger partial charge in [-0.2, -0.15) is 10.6 Å². The van der Waals surface area contributed by atoms with Crippen LogP contribution in [0.25, 0.3) is 0 Å². The number of carbonyl (C=O) groups excluding carboxylic acids is 1. The maximum absolute atomic E-state index is 10.2. The molecule has 1 fully saturated rings. The van der Waals surface area contributed by atoms with E-state index in [9.17, 15) is 13.9 Å². The molecular formula is C11H15NO4S. The van der Waals surface area contributed by atoms with E-state index in [0.717, 1.165) is 5.69 Å². The van der Waals surface area contributed by atoms with Crippen LogP contribution < -0.4 is 9.64 Å². The number of nitrogens with zero attached hydrogens (tertiary/aromatic N) is 1. The summed E-state index contributed by atoms with van der Waals surface area (Å²) in [5.41, 5.74) is 0.930. The van der Waals surface area contributed by atoms with E-state index in [2.05, 4.69) is 4.90 Å². The summed E-state index contributed by atoms with van der Waals surface area (Å²) in [6.07, 6.45) is 0. The number of rotatable bonds is 3. The first-order chi connectivity index (χ1) is 8.11. The fraction of sp³-hybridized carbons (Fsp3) is 0.364. The van der Waals surface area contributed by atoms with Crippen molar-refractivity contribution < 1.29 is 18.6 Å². The molecule has 94 valence electrons. The summed E-state index contributed by atoms with van der Waals surface area (Å²) in [4.78, 5) is 12.3. The molecule has 1 aromatic rings. The molecular weight excluding hydrogens is 242 g/mol. The van der Waals surface area contributed by atoms with Gasteiger partial charge in [-0.25, -0.2) is 0 Å². The molecule has 2 N–H and O–H groups in total. The highest BCUT2D eigenvalue weighted by atomic mass is 32.3. The molecule has 17 heavy (non-hydrogen) atoms. The van der Waals surface area contributed by atoms with Gasteiger partial charge >= 0.3 is 0 Å². The van der Waals surface area contributed by atoms with Crippen LogP contribution in [-0.2, 0) is 4.79 Å². The van der Waals surface area contributed by atoms with E-state index in [-0.39, 0.29) is 0 Å². The normalized spacial score (nSPS) is 20.7. The molecule has 2 rings (SSSR count). The lowest BCUT2D eigenvalue weighted by molar-refractivity contribution is -0.120. The van der Waals surface area contributed by atoms with E-state index < -0.39 is 10.6 Å². The number of carbonyl (C=O) groups is 1. The third kappa shape index (κ3) is 3.12. The fourth-order valence-electron chi connectivity index (χ4n) is 1.79. The molecule has 0 unspecified atom stereocenters. The molecule has 0 saturated carbocycles. The Labute approximate surface area is 101 Å². The van der Waals surface area contributed by atoms with Crippen LogP contribution in [0, 0.1) is 0 Å². The second-order valence-corrected chi connectivity index (χ2v) is 6.33. The van der Waals surface area contributed by atoms with Gasteiger partial charge in [0.15, 0.2) is 0 Å². The van der Waals surface area contributed by atoms with E-state index in [0.29, 0.717) is 36.8 Å². The zero-order chi connectivity index (χ0) is 12.3. The van der Waals surface area contributed by atoms with E-state index >= 15 is 0 Å². The molecule has 5 nitrogen and oxygen atoms in total. The maximum Gasteiger partial charge on any atom is 0.298 e. The molecule has 0 spiro atoms. The van der Waals surface area contributed by atoms with Crippen LogP contribution in [0.5, 0.6) is 5.75 Å². The van der Waals surface area contributed by atoms with Gasteiger partial charge in [-0.15, -0.1) is 0 Å². The Morgan fingerprint density at radius 3 is 2.65 bits per heavy atom. The van der Waals surface area contributed by atoms with Crippen LogP contribution in [0.3, 0.4) is 0 Å². The van der Waals surface area contributed by atoms with E-state index in [1.165, 1.54) is 0 Å². The van der Waals surface area contributed by atoms with Crippen molar-refractivity contribution >= 4 is 22.7 Å². The minimum atomic E-state index is -2.37. The van der Waals surface area contributed by atoms with Gasteiger partial charge in [-0.3, -0.25) is 13.9 Å². The van der Waals surface area contributed by atoms with Gasteiger partial charge in [-0.05, 0) is 12.1 Å². The SMILES string of the molecule is O=COc1cccc(N2CCS(O)(O)CC2)c1. The van der Waals surface area contributed by atoms with Crippen LogP contribution in [0.4, 0.5) is 5.69 Å². The quantitative estimate of drug-likeness (QED) is 0.808. The Balaban J connectivity index is 2.07. The summed E-state index contributed by atoms with van der Waals surface area (Å²) in [7, 11) is -2.37. The smallest absolute Gasteiger partial charge is 0.298 e. The van der Waals surface area contributed by atoms with Crippen molar-refractivity contribution in [2.24, 2.45) is 0 Å². The topological polar surface area (TPSA) is 70.0 Å². The number of hydrogen-bond donors (Lipinski definition) is 2. The second kappa shape index (κ2) is 4.95. The summed E-state index contributed by atoms with van der Waals surface area (Å²) >= 11 is 0. The maximum atomic E-state index is 10.2. The highest BCUT2D eigenvalue weighted by molar-refractivity contribution is 8.24. The number of hydrogen-bond acceptors (Lipinski definition) is 5. The second-order valence-electron chi connectivity index (χ2n) is 3.91. The zero-order valence-corrected chi connectivity index (χ0v) is 10.1. The van der Waals surface area contributed by atoms with Crippen LogP contribution in [-0.4, -0.2) is 40.2 Å². The minimum absolute atomic E-state index is 0.395. The molecule has 1 aliphatic rings. The standard InChI is InChI=1S/C11H15NO4S/c13-9-16-11-3-1-2-10(8-11)12-4-6-17(14,15)7-5-12/h1-3,8-9,14-15H,4-7H2. The Morgan fingerprint density at radius 1 is 1.29 bits per heavy atom. The van der Waals surface area contributed by atoms with Gasteiger partial charge in [0.1, 0.15) is 5.75 Å². The van der Waals surface area contributed by atoms with Crippen molar-refractivity contribution in [1.29, 1.82) is 0 Å². The fourth-order valence-corrected chi connectivity index (χ4v) is 3.02. The van der Waals surface area contributed by atoms with Crippen molar-refractivity contribution in [2.75, 3.05) is 29.5 Å². The van der Waals surface area contributed by atoms with E-state index in [1.807, 2.05) is 6.07 Å². The summed E-state index contributed by atoms with van der Waals surface area (Å²) in [6.45, 7) is 1.60. The number of benzene rings is 1. The molecule has 0 aliphatic carbocycles. The minimum Gasteiger partial charge on any atom is -0.429 e. The van der Waals surface area contributed by atoms with Gasteiger partial charge in [-0.1, -0.05) is 6.07 Å². The highest BCUT2D eigenvalue weighted by Gasteiger charge is 2.22. The van der Waals surface area contributed by atoms with Crippen molar-refractivity contribution in [1.82, 2.24) is 0 Å². The highest BCUT2D eigenvalue weighted by Crippen LogP contribution is 2.41. The molecule has 6 heteroatoms. The van der Waals surface area contributed by atoms with Gasteiger partial charge in [0.05, 0.1) is 11.5 Å². The molecule has 0 amide bonds. The monoisotopic (exact) mass is 257 g/mol. The molecule has 0 radical (unpaired) electrons. The number of ether oxygens (including phenoxy) is 1. The lowest BCUT2D eigenvalue weighted by Gasteiger charge is -2.41. The predicted octanol–water partition coefficient (Wildman–Crippen LogP) is 1.79. The first-order valence-electron chi connectivity index (χ1n) is 5.30. The van der Waals surface area contributed by atoms with Gasteiger partial charge in [0.25, 0.3) is 6.47 Å². The summed E-state index contributed by atoms with van der Waals surface area (Å²) in [5.74, 6) is 1.28. The number of anilines is 1. The predicted molar refractivity (Wildman–Crippen MR) is 67.9 cm³/mol. The average molecular weight is 257 g/mol. The molecule has 1 aromatic carbocycles. The van der Waals surface area contributed by atoms with Crippen molar-refractivity contribution in [3.8, 4) is 5.75 Å². The molecule has 1 aliphatic heterocycles. The summed E-state index contributed by atoms with van der Waals surface area (Å²) < 4.78 is 23.8. The van der Waals surface area contributed by atoms with E-state index in [4.69, 9.17) is 4.74 Å². The third-order valence-corrected chi connectivity index (χ3v) is 4.42.